The van der Waals surface area contributed by atoms with Gasteiger partial charge in [-0.05, 0) is 61.5 Å². The van der Waals surface area contributed by atoms with Crippen LogP contribution in [0.5, 0.6) is 0 Å². The lowest BCUT2D eigenvalue weighted by atomic mass is 9.77. The summed E-state index contributed by atoms with van der Waals surface area (Å²) in [6, 6.07) is 0. The number of fused-ring (bicyclic) bond motifs is 1. The molecule has 132 valence electrons. The largest absolute Gasteiger partial charge is 0.481 e. The van der Waals surface area contributed by atoms with Crippen molar-refractivity contribution in [1.82, 2.24) is 4.90 Å². The van der Waals surface area contributed by atoms with Crippen LogP contribution in [0.4, 0.5) is 0 Å². The minimum Gasteiger partial charge on any atom is -0.481 e. The van der Waals surface area contributed by atoms with Gasteiger partial charge in [-0.25, -0.2) is 0 Å². The Labute approximate surface area is 146 Å². The molecule has 1 aromatic rings. The van der Waals surface area contributed by atoms with Crippen LogP contribution in [0.2, 0.25) is 0 Å². The first-order valence-corrected chi connectivity index (χ1v) is 9.56. The van der Waals surface area contributed by atoms with Crippen molar-refractivity contribution in [2.24, 2.45) is 5.41 Å². The van der Waals surface area contributed by atoms with Crippen LogP contribution in [0.1, 0.15) is 52.9 Å². The molecule has 0 unspecified atom stereocenters. The van der Waals surface area contributed by atoms with Crippen molar-refractivity contribution in [1.29, 1.82) is 0 Å². The Morgan fingerprint density at radius 1 is 1.33 bits per heavy atom. The molecule has 1 aliphatic carbocycles. The molecule has 5 nitrogen and oxygen atoms in total. The number of carboxylic acids is 1. The molecule has 1 N–H and O–H groups in total. The van der Waals surface area contributed by atoms with E-state index in [0.717, 1.165) is 30.6 Å². The number of aliphatic carboxylic acids is 1. The van der Waals surface area contributed by atoms with Crippen LogP contribution < -0.4 is 0 Å². The van der Waals surface area contributed by atoms with Crippen LogP contribution in [-0.2, 0) is 22.4 Å². The van der Waals surface area contributed by atoms with E-state index in [4.69, 9.17) is 4.74 Å². The number of hydrogen-bond donors (Lipinski definition) is 1. The summed E-state index contributed by atoms with van der Waals surface area (Å²) in [5.74, 6) is -0.795. The van der Waals surface area contributed by atoms with Gasteiger partial charge in [0.15, 0.2) is 0 Å². The molecule has 3 rings (SSSR count). The lowest BCUT2D eigenvalue weighted by Crippen LogP contribution is -2.50. The zero-order valence-corrected chi connectivity index (χ0v) is 15.0. The van der Waals surface area contributed by atoms with Crippen LogP contribution in [0, 0.1) is 5.41 Å². The number of ether oxygens (including phenoxy) is 1. The minimum absolute atomic E-state index is 0.0193. The van der Waals surface area contributed by atoms with Gasteiger partial charge in [0.1, 0.15) is 0 Å². The second kappa shape index (κ2) is 7.23. The van der Waals surface area contributed by atoms with Gasteiger partial charge >= 0.3 is 5.97 Å². The van der Waals surface area contributed by atoms with Gasteiger partial charge in [0.05, 0.1) is 10.3 Å². The highest BCUT2D eigenvalue weighted by Crippen LogP contribution is 2.36. The number of carbonyl (C=O) groups is 2. The molecule has 1 fully saturated rings. The van der Waals surface area contributed by atoms with E-state index in [2.05, 4.69) is 5.38 Å². The number of nitrogens with zero attached hydrogens (tertiary/aromatic N) is 1. The van der Waals surface area contributed by atoms with Gasteiger partial charge in [0, 0.05) is 26.8 Å². The van der Waals surface area contributed by atoms with Crippen LogP contribution >= 0.6 is 11.3 Å². The van der Waals surface area contributed by atoms with Gasteiger partial charge in [-0.2, -0.15) is 0 Å². The number of hydrogen-bond acceptors (Lipinski definition) is 4. The summed E-state index contributed by atoms with van der Waals surface area (Å²) in [7, 11) is 1.58. The number of aryl methyl sites for hydroxylation is 1. The molecule has 1 aliphatic heterocycles. The zero-order valence-electron chi connectivity index (χ0n) is 14.2. The SMILES string of the molecule is COCC[C@]1(C(=O)O)CCCN(C(=O)c2scc3c2CCCC3)C1. The molecule has 1 aromatic heterocycles. The Morgan fingerprint density at radius 2 is 2.12 bits per heavy atom. The van der Waals surface area contributed by atoms with Gasteiger partial charge < -0.3 is 14.7 Å². The highest BCUT2D eigenvalue weighted by molar-refractivity contribution is 7.12. The minimum atomic E-state index is -0.874. The Kier molecular flexibility index (Phi) is 5.25. The lowest BCUT2D eigenvalue weighted by Gasteiger charge is -2.40. The molecule has 0 saturated carbocycles. The molecule has 2 aliphatic rings. The second-order valence-electron chi connectivity index (χ2n) is 6.93. The van der Waals surface area contributed by atoms with Crippen LogP contribution in [0.25, 0.3) is 0 Å². The van der Waals surface area contributed by atoms with Crippen molar-refractivity contribution in [3.05, 3.63) is 21.4 Å². The molecule has 1 atom stereocenters. The van der Waals surface area contributed by atoms with Gasteiger partial charge in [-0.3, -0.25) is 9.59 Å². The molecule has 0 aromatic carbocycles. The molecular formula is C18H25NO4S. The number of amides is 1. The third kappa shape index (κ3) is 3.22. The van der Waals surface area contributed by atoms with E-state index >= 15 is 0 Å². The Bertz CT molecular complexity index is 627. The van der Waals surface area contributed by atoms with Crippen molar-refractivity contribution in [3.8, 4) is 0 Å². The van der Waals surface area contributed by atoms with Crippen LogP contribution in [0.3, 0.4) is 0 Å². The fraction of sp³-hybridized carbons (Fsp3) is 0.667. The number of thiophene rings is 1. The maximum absolute atomic E-state index is 13.0. The van der Waals surface area contributed by atoms with Crippen molar-refractivity contribution in [2.75, 3.05) is 26.8 Å². The molecule has 6 heteroatoms. The third-order valence-corrected chi connectivity index (χ3v) is 6.46. The lowest BCUT2D eigenvalue weighted by molar-refractivity contribution is -0.153. The van der Waals surface area contributed by atoms with E-state index in [9.17, 15) is 14.7 Å². The Balaban J connectivity index is 1.80. The summed E-state index contributed by atoms with van der Waals surface area (Å²) in [6.07, 6.45) is 6.16. The standard InChI is InChI=1S/C18H25NO4S/c1-23-10-8-18(17(21)22)7-4-9-19(12-18)16(20)15-14-6-3-2-5-13(14)11-24-15/h11H,2-10,12H2,1H3,(H,21,22)/t18-/m1/s1. The number of rotatable bonds is 5. The van der Waals surface area contributed by atoms with Crippen molar-refractivity contribution in [2.45, 2.75) is 44.9 Å². The summed E-state index contributed by atoms with van der Waals surface area (Å²) in [6.45, 7) is 1.34. The summed E-state index contributed by atoms with van der Waals surface area (Å²) < 4.78 is 5.10. The fourth-order valence-electron chi connectivity index (χ4n) is 3.93. The highest BCUT2D eigenvalue weighted by Gasteiger charge is 2.43. The molecule has 0 bridgehead atoms. The average molecular weight is 351 g/mol. The molecule has 24 heavy (non-hydrogen) atoms. The molecular weight excluding hydrogens is 326 g/mol. The van der Waals surface area contributed by atoms with E-state index in [1.54, 1.807) is 12.0 Å². The van der Waals surface area contributed by atoms with Gasteiger partial charge in [-0.15, -0.1) is 11.3 Å². The zero-order chi connectivity index (χ0) is 17.2. The molecule has 2 heterocycles. The first-order chi connectivity index (χ1) is 11.6. The van der Waals surface area contributed by atoms with Crippen molar-refractivity contribution < 1.29 is 19.4 Å². The maximum Gasteiger partial charge on any atom is 0.311 e. The smallest absolute Gasteiger partial charge is 0.311 e. The Morgan fingerprint density at radius 3 is 2.88 bits per heavy atom. The number of carboxylic acid groups (broad SMARTS) is 1. The monoisotopic (exact) mass is 351 g/mol. The number of carbonyl (C=O) groups excluding carboxylic acids is 1. The van der Waals surface area contributed by atoms with E-state index < -0.39 is 11.4 Å². The van der Waals surface area contributed by atoms with Gasteiger partial charge in [0.25, 0.3) is 5.91 Å². The molecule has 0 spiro atoms. The van der Waals surface area contributed by atoms with Crippen LogP contribution in [-0.4, -0.2) is 48.7 Å². The maximum atomic E-state index is 13.0. The molecule has 1 amide bonds. The van der Waals surface area contributed by atoms with Crippen LogP contribution in [0.15, 0.2) is 5.38 Å². The van der Waals surface area contributed by atoms with E-state index in [1.807, 2.05) is 0 Å². The number of piperidine rings is 1. The second-order valence-corrected chi connectivity index (χ2v) is 7.81. The highest BCUT2D eigenvalue weighted by atomic mass is 32.1. The van der Waals surface area contributed by atoms with E-state index in [1.165, 1.54) is 28.9 Å². The predicted octanol–water partition coefficient (Wildman–Crippen LogP) is 2.97. The first-order valence-electron chi connectivity index (χ1n) is 8.68. The first kappa shape index (κ1) is 17.4. The summed E-state index contributed by atoms with van der Waals surface area (Å²) >= 11 is 1.53. The Hall–Kier alpha value is -1.40. The third-order valence-electron chi connectivity index (χ3n) is 5.40. The quantitative estimate of drug-likeness (QED) is 0.886. The van der Waals surface area contributed by atoms with E-state index in [-0.39, 0.29) is 12.5 Å². The molecule has 1 saturated heterocycles. The average Bonchev–Trinajstić information content (AvgIpc) is 3.03. The van der Waals surface area contributed by atoms with E-state index in [0.29, 0.717) is 26.0 Å². The molecule has 0 radical (unpaired) electrons. The van der Waals surface area contributed by atoms with Crippen molar-refractivity contribution in [3.63, 3.8) is 0 Å². The fourth-order valence-corrected chi connectivity index (χ4v) is 5.06. The van der Waals surface area contributed by atoms with Gasteiger partial charge in [-0.1, -0.05) is 0 Å². The van der Waals surface area contributed by atoms with Gasteiger partial charge in [0.2, 0.25) is 0 Å². The summed E-state index contributed by atoms with van der Waals surface area (Å²) in [5.41, 5.74) is 1.65. The van der Waals surface area contributed by atoms with Crippen molar-refractivity contribution >= 4 is 23.2 Å². The topological polar surface area (TPSA) is 66.8 Å². The summed E-state index contributed by atoms with van der Waals surface area (Å²) in [5, 5.41) is 11.9. The number of likely N-dealkylation sites (tertiary alicyclic amines) is 1. The number of methoxy groups -OCH3 is 1. The predicted molar refractivity (Wildman–Crippen MR) is 92.7 cm³/mol. The normalized spacial score (nSPS) is 23.8. The summed E-state index contributed by atoms with van der Waals surface area (Å²) in [4.78, 5) is 27.5.